The van der Waals surface area contributed by atoms with Crippen molar-refractivity contribution in [2.24, 2.45) is 11.8 Å². The van der Waals surface area contributed by atoms with E-state index in [1.54, 1.807) is 0 Å². The molecule has 0 spiro atoms. The van der Waals surface area contributed by atoms with Gasteiger partial charge in [-0.05, 0) is 42.9 Å². The summed E-state index contributed by atoms with van der Waals surface area (Å²) >= 11 is 0. The van der Waals surface area contributed by atoms with E-state index in [-0.39, 0.29) is 17.4 Å². The van der Waals surface area contributed by atoms with Crippen LogP contribution in [0.15, 0.2) is 18.2 Å². The second-order valence-corrected chi connectivity index (χ2v) is 5.64. The molecule has 0 aliphatic heterocycles. The molecule has 1 aliphatic rings. The minimum atomic E-state index is -1.22. The zero-order chi connectivity index (χ0) is 13.3. The first kappa shape index (κ1) is 13.5. The van der Waals surface area contributed by atoms with Gasteiger partial charge in [0.1, 0.15) is 11.6 Å². The first-order chi connectivity index (χ1) is 8.45. The summed E-state index contributed by atoms with van der Waals surface area (Å²) in [5.41, 5.74) is -1.10. The Bertz CT molecular complexity index is 431. The largest absolute Gasteiger partial charge is 0.385 e. The maximum atomic E-state index is 13.9. The van der Waals surface area contributed by atoms with Crippen molar-refractivity contribution in [1.29, 1.82) is 0 Å². The third kappa shape index (κ3) is 2.28. The van der Waals surface area contributed by atoms with Crippen LogP contribution < -0.4 is 0 Å². The predicted octanol–water partition coefficient (Wildman–Crippen LogP) is 4.00. The van der Waals surface area contributed by atoms with Gasteiger partial charge in [-0.25, -0.2) is 8.78 Å². The summed E-state index contributed by atoms with van der Waals surface area (Å²) in [6.45, 7) is 4.05. The van der Waals surface area contributed by atoms with E-state index in [9.17, 15) is 13.9 Å². The maximum Gasteiger partial charge on any atom is 0.129 e. The Labute approximate surface area is 107 Å². The Morgan fingerprint density at radius 2 is 2.00 bits per heavy atom. The van der Waals surface area contributed by atoms with E-state index in [2.05, 4.69) is 0 Å². The molecule has 2 rings (SSSR count). The monoisotopic (exact) mass is 254 g/mol. The second-order valence-electron chi connectivity index (χ2n) is 5.64. The summed E-state index contributed by atoms with van der Waals surface area (Å²) < 4.78 is 27.2. The maximum absolute atomic E-state index is 13.9. The van der Waals surface area contributed by atoms with Crippen LogP contribution in [0.1, 0.15) is 45.1 Å². The van der Waals surface area contributed by atoms with Gasteiger partial charge in [-0.2, -0.15) is 0 Å². The molecule has 0 aromatic heterocycles. The number of benzene rings is 1. The van der Waals surface area contributed by atoms with Crippen molar-refractivity contribution < 1.29 is 13.9 Å². The van der Waals surface area contributed by atoms with Crippen LogP contribution in [0.5, 0.6) is 0 Å². The standard InChI is InChI=1S/C15H20F2O/c1-10(2)12-5-3-4-8-15(12,18)13-9-11(16)6-7-14(13)17/h6-7,9-10,12,18H,3-5,8H2,1-2H3. The second kappa shape index (κ2) is 4.96. The van der Waals surface area contributed by atoms with Crippen molar-refractivity contribution in [3.63, 3.8) is 0 Å². The van der Waals surface area contributed by atoms with Crippen LogP contribution in [0, 0.1) is 23.5 Å². The minimum absolute atomic E-state index is 0.0115. The van der Waals surface area contributed by atoms with Crippen LogP contribution in [0.2, 0.25) is 0 Å². The Balaban J connectivity index is 2.46. The van der Waals surface area contributed by atoms with Gasteiger partial charge in [0.15, 0.2) is 0 Å². The van der Waals surface area contributed by atoms with Gasteiger partial charge in [-0.15, -0.1) is 0 Å². The lowest BCUT2D eigenvalue weighted by Crippen LogP contribution is -2.41. The van der Waals surface area contributed by atoms with Crippen molar-refractivity contribution in [3.8, 4) is 0 Å². The van der Waals surface area contributed by atoms with E-state index in [4.69, 9.17) is 0 Å². The third-order valence-corrected chi connectivity index (χ3v) is 4.14. The van der Waals surface area contributed by atoms with Gasteiger partial charge in [0.25, 0.3) is 0 Å². The molecule has 2 unspecified atom stereocenters. The molecular formula is C15H20F2O. The van der Waals surface area contributed by atoms with Gasteiger partial charge in [-0.3, -0.25) is 0 Å². The Morgan fingerprint density at radius 1 is 1.28 bits per heavy atom. The highest BCUT2D eigenvalue weighted by atomic mass is 19.1. The van der Waals surface area contributed by atoms with Gasteiger partial charge in [0.05, 0.1) is 5.60 Å². The molecular weight excluding hydrogens is 234 g/mol. The number of aliphatic hydroxyl groups is 1. The van der Waals surface area contributed by atoms with E-state index >= 15 is 0 Å². The molecule has 0 saturated heterocycles. The fourth-order valence-electron chi connectivity index (χ4n) is 3.23. The van der Waals surface area contributed by atoms with Crippen LogP contribution in [0.3, 0.4) is 0 Å². The molecule has 18 heavy (non-hydrogen) atoms. The average Bonchev–Trinajstić information content (AvgIpc) is 2.32. The molecule has 1 N–H and O–H groups in total. The Hall–Kier alpha value is -0.960. The third-order valence-electron chi connectivity index (χ3n) is 4.14. The number of hydrogen-bond acceptors (Lipinski definition) is 1. The first-order valence-corrected chi connectivity index (χ1v) is 6.63. The smallest absolute Gasteiger partial charge is 0.129 e. The summed E-state index contributed by atoms with van der Waals surface area (Å²) in [6.07, 6.45) is 3.28. The Kier molecular flexibility index (Phi) is 3.71. The molecule has 0 bridgehead atoms. The highest BCUT2D eigenvalue weighted by molar-refractivity contribution is 5.27. The van der Waals surface area contributed by atoms with E-state index < -0.39 is 17.2 Å². The molecule has 0 amide bonds. The van der Waals surface area contributed by atoms with E-state index in [1.165, 1.54) is 0 Å². The highest BCUT2D eigenvalue weighted by Crippen LogP contribution is 2.45. The molecule has 100 valence electrons. The lowest BCUT2D eigenvalue weighted by atomic mass is 9.67. The van der Waals surface area contributed by atoms with E-state index in [0.29, 0.717) is 6.42 Å². The van der Waals surface area contributed by atoms with Gasteiger partial charge in [0, 0.05) is 5.56 Å². The zero-order valence-electron chi connectivity index (χ0n) is 10.9. The molecule has 2 atom stereocenters. The number of hydrogen-bond donors (Lipinski definition) is 1. The van der Waals surface area contributed by atoms with Crippen LogP contribution in [0.25, 0.3) is 0 Å². The van der Waals surface area contributed by atoms with Crippen molar-refractivity contribution in [3.05, 3.63) is 35.4 Å². The SMILES string of the molecule is CC(C)C1CCCCC1(O)c1cc(F)ccc1F. The Morgan fingerprint density at radius 3 is 2.67 bits per heavy atom. The van der Waals surface area contributed by atoms with Crippen molar-refractivity contribution >= 4 is 0 Å². The van der Waals surface area contributed by atoms with Crippen molar-refractivity contribution in [2.75, 3.05) is 0 Å². The molecule has 0 radical (unpaired) electrons. The normalized spacial score (nSPS) is 28.7. The van der Waals surface area contributed by atoms with Crippen molar-refractivity contribution in [1.82, 2.24) is 0 Å². The topological polar surface area (TPSA) is 20.2 Å². The summed E-state index contributed by atoms with van der Waals surface area (Å²) in [5.74, 6) is -0.764. The summed E-state index contributed by atoms with van der Waals surface area (Å²) in [5, 5.41) is 10.9. The van der Waals surface area contributed by atoms with Crippen LogP contribution >= 0.6 is 0 Å². The molecule has 1 aliphatic carbocycles. The van der Waals surface area contributed by atoms with E-state index in [1.807, 2.05) is 13.8 Å². The van der Waals surface area contributed by atoms with Crippen LogP contribution in [-0.2, 0) is 5.60 Å². The van der Waals surface area contributed by atoms with Crippen molar-refractivity contribution in [2.45, 2.75) is 45.1 Å². The van der Waals surface area contributed by atoms with Crippen LogP contribution in [0.4, 0.5) is 8.78 Å². The lowest BCUT2D eigenvalue weighted by Gasteiger charge is -2.42. The van der Waals surface area contributed by atoms with Gasteiger partial charge >= 0.3 is 0 Å². The van der Waals surface area contributed by atoms with Crippen LogP contribution in [-0.4, -0.2) is 5.11 Å². The molecule has 3 heteroatoms. The van der Waals surface area contributed by atoms with E-state index in [0.717, 1.165) is 37.5 Å². The molecule has 1 aromatic carbocycles. The zero-order valence-corrected chi connectivity index (χ0v) is 10.9. The molecule has 1 aromatic rings. The summed E-state index contributed by atoms with van der Waals surface area (Å²) in [6, 6.07) is 3.35. The quantitative estimate of drug-likeness (QED) is 0.845. The lowest BCUT2D eigenvalue weighted by molar-refractivity contribution is -0.0747. The average molecular weight is 254 g/mol. The molecule has 0 heterocycles. The minimum Gasteiger partial charge on any atom is -0.385 e. The highest BCUT2D eigenvalue weighted by Gasteiger charge is 2.43. The van der Waals surface area contributed by atoms with Gasteiger partial charge in [0.2, 0.25) is 0 Å². The predicted molar refractivity (Wildman–Crippen MR) is 67.1 cm³/mol. The molecule has 1 nitrogen and oxygen atoms in total. The number of halogens is 2. The summed E-state index contributed by atoms with van der Waals surface area (Å²) in [7, 11) is 0. The molecule has 1 fully saturated rings. The number of rotatable bonds is 2. The first-order valence-electron chi connectivity index (χ1n) is 6.63. The van der Waals surface area contributed by atoms with Gasteiger partial charge in [-0.1, -0.05) is 26.7 Å². The van der Waals surface area contributed by atoms with Gasteiger partial charge < -0.3 is 5.11 Å². The summed E-state index contributed by atoms with van der Waals surface area (Å²) in [4.78, 5) is 0. The fourth-order valence-corrected chi connectivity index (χ4v) is 3.23. The fraction of sp³-hybridized carbons (Fsp3) is 0.600. The molecule has 1 saturated carbocycles.